The van der Waals surface area contributed by atoms with E-state index >= 15 is 0 Å². The molecule has 4 nitrogen and oxygen atoms in total. The van der Waals surface area contributed by atoms with Gasteiger partial charge in [0.1, 0.15) is 0 Å². The second kappa shape index (κ2) is 6.25. The van der Waals surface area contributed by atoms with E-state index in [-0.39, 0.29) is 6.04 Å². The molecule has 0 radical (unpaired) electrons. The molecule has 0 aliphatic heterocycles. The fourth-order valence-corrected chi connectivity index (χ4v) is 3.64. The lowest BCUT2D eigenvalue weighted by Gasteiger charge is -2.15. The summed E-state index contributed by atoms with van der Waals surface area (Å²) < 4.78 is 25.8. The summed E-state index contributed by atoms with van der Waals surface area (Å²) in [5.74, 6) is 0. The highest BCUT2D eigenvalue weighted by molar-refractivity contribution is 7.92. The number of nitrogens with one attached hydrogen (secondary N) is 2. The van der Waals surface area contributed by atoms with Crippen molar-refractivity contribution in [2.24, 2.45) is 0 Å². The highest BCUT2D eigenvalue weighted by atomic mass is 35.5. The molecular weight excluding hydrogens is 328 g/mol. The third-order valence-corrected chi connectivity index (χ3v) is 4.93. The molecule has 0 aliphatic carbocycles. The van der Waals surface area contributed by atoms with Gasteiger partial charge in [-0.25, -0.2) is 8.42 Å². The van der Waals surface area contributed by atoms with Crippen LogP contribution in [0.1, 0.15) is 23.4 Å². The predicted molar refractivity (Wildman–Crippen MR) is 91.0 cm³/mol. The molecule has 0 bridgehead atoms. The minimum absolute atomic E-state index is 0.135. The van der Waals surface area contributed by atoms with Crippen LogP contribution in [0.3, 0.4) is 0 Å². The van der Waals surface area contributed by atoms with E-state index in [1.165, 1.54) is 0 Å². The molecule has 0 spiro atoms. The summed E-state index contributed by atoms with van der Waals surface area (Å²) in [6.45, 7) is 3.92. The molecule has 2 rings (SSSR count). The van der Waals surface area contributed by atoms with Crippen molar-refractivity contribution in [2.75, 3.05) is 16.3 Å². The van der Waals surface area contributed by atoms with Crippen molar-refractivity contribution in [1.29, 1.82) is 0 Å². The van der Waals surface area contributed by atoms with E-state index in [1.807, 2.05) is 31.2 Å². The first-order valence-electron chi connectivity index (χ1n) is 6.35. The van der Waals surface area contributed by atoms with Crippen LogP contribution in [0.2, 0.25) is 4.34 Å². The lowest BCUT2D eigenvalue weighted by atomic mass is 10.1. The molecule has 0 saturated carbocycles. The largest absolute Gasteiger partial charge is 0.378 e. The zero-order valence-electron chi connectivity index (χ0n) is 12.0. The molecule has 0 saturated heterocycles. The Labute approximate surface area is 134 Å². The monoisotopic (exact) mass is 344 g/mol. The number of aryl methyl sites for hydroxylation is 1. The van der Waals surface area contributed by atoms with Crippen LogP contribution < -0.4 is 10.0 Å². The molecule has 1 heterocycles. The second-order valence-electron chi connectivity index (χ2n) is 4.91. The second-order valence-corrected chi connectivity index (χ2v) is 8.41. The Morgan fingerprint density at radius 3 is 2.48 bits per heavy atom. The van der Waals surface area contributed by atoms with Crippen LogP contribution in [0.25, 0.3) is 0 Å². The lowest BCUT2D eigenvalue weighted by Crippen LogP contribution is -2.11. The third-order valence-electron chi connectivity index (χ3n) is 2.93. The molecule has 7 heteroatoms. The van der Waals surface area contributed by atoms with Crippen molar-refractivity contribution >= 4 is 44.3 Å². The Morgan fingerprint density at radius 1 is 1.24 bits per heavy atom. The highest BCUT2D eigenvalue weighted by Gasteiger charge is 2.10. The van der Waals surface area contributed by atoms with Crippen LogP contribution in [-0.4, -0.2) is 14.7 Å². The number of sulfonamides is 1. The molecule has 1 atom stereocenters. The Morgan fingerprint density at radius 2 is 1.95 bits per heavy atom. The van der Waals surface area contributed by atoms with Crippen molar-refractivity contribution in [3.63, 3.8) is 0 Å². The molecule has 1 unspecified atom stereocenters. The molecular formula is C14H17ClN2O2S2. The standard InChI is InChI=1S/C14H17ClN2O2S2/c1-9-8-11(4-5-12(9)17-21(3,18)19)16-10(2)13-6-7-14(15)20-13/h4-8,10,16-17H,1-3H3. The Balaban J connectivity index is 2.13. The van der Waals surface area contributed by atoms with Crippen molar-refractivity contribution in [2.45, 2.75) is 19.9 Å². The van der Waals surface area contributed by atoms with Crippen molar-refractivity contribution in [3.05, 3.63) is 45.1 Å². The average molecular weight is 345 g/mol. The molecule has 0 amide bonds. The van der Waals surface area contributed by atoms with Gasteiger partial charge in [0.2, 0.25) is 10.0 Å². The van der Waals surface area contributed by atoms with E-state index < -0.39 is 10.0 Å². The van der Waals surface area contributed by atoms with E-state index in [1.54, 1.807) is 17.4 Å². The van der Waals surface area contributed by atoms with E-state index in [4.69, 9.17) is 11.6 Å². The number of halogens is 1. The smallest absolute Gasteiger partial charge is 0.229 e. The van der Waals surface area contributed by atoms with E-state index in [0.29, 0.717) is 5.69 Å². The number of anilines is 2. The van der Waals surface area contributed by atoms with Gasteiger partial charge in [-0.3, -0.25) is 4.72 Å². The van der Waals surface area contributed by atoms with E-state index in [2.05, 4.69) is 17.0 Å². The van der Waals surface area contributed by atoms with Crippen LogP contribution in [0, 0.1) is 6.92 Å². The first kappa shape index (κ1) is 16.1. The van der Waals surface area contributed by atoms with Crippen LogP contribution >= 0.6 is 22.9 Å². The van der Waals surface area contributed by atoms with Gasteiger partial charge in [-0.05, 0) is 49.7 Å². The SMILES string of the molecule is Cc1cc(NC(C)c2ccc(Cl)s2)ccc1NS(C)(=O)=O. The number of hydrogen-bond acceptors (Lipinski definition) is 4. The summed E-state index contributed by atoms with van der Waals surface area (Å²) in [7, 11) is -3.26. The molecule has 2 N–H and O–H groups in total. The van der Waals surface area contributed by atoms with E-state index in [9.17, 15) is 8.42 Å². The van der Waals surface area contributed by atoms with Crippen LogP contribution in [-0.2, 0) is 10.0 Å². The zero-order chi connectivity index (χ0) is 15.6. The molecule has 0 fully saturated rings. The van der Waals surface area contributed by atoms with Gasteiger partial charge in [0.25, 0.3) is 0 Å². The third kappa shape index (κ3) is 4.62. The van der Waals surface area contributed by atoms with Gasteiger partial charge in [0, 0.05) is 10.6 Å². The zero-order valence-corrected chi connectivity index (χ0v) is 14.4. The fraction of sp³-hybridized carbons (Fsp3) is 0.286. The predicted octanol–water partition coefficient (Wildman–Crippen LogP) is 4.25. The van der Waals surface area contributed by atoms with Gasteiger partial charge in [-0.2, -0.15) is 0 Å². The van der Waals surface area contributed by atoms with Gasteiger partial charge < -0.3 is 5.32 Å². The normalized spacial score (nSPS) is 13.0. The first-order valence-corrected chi connectivity index (χ1v) is 9.43. The summed E-state index contributed by atoms with van der Waals surface area (Å²) in [6, 6.07) is 9.54. The Hall–Kier alpha value is -1.24. The van der Waals surface area contributed by atoms with Gasteiger partial charge >= 0.3 is 0 Å². The van der Waals surface area contributed by atoms with Crippen LogP contribution in [0.15, 0.2) is 30.3 Å². The summed E-state index contributed by atoms with van der Waals surface area (Å²) in [5, 5.41) is 3.38. The minimum Gasteiger partial charge on any atom is -0.378 e. The number of hydrogen-bond donors (Lipinski definition) is 2. The number of benzene rings is 1. The van der Waals surface area contributed by atoms with Crippen molar-refractivity contribution in [3.8, 4) is 0 Å². The van der Waals surface area contributed by atoms with Gasteiger partial charge in [-0.1, -0.05) is 11.6 Å². The van der Waals surface area contributed by atoms with Gasteiger partial charge in [0.05, 0.1) is 22.3 Å². The topological polar surface area (TPSA) is 58.2 Å². The number of thiophene rings is 1. The maximum Gasteiger partial charge on any atom is 0.229 e. The number of rotatable bonds is 5. The fourth-order valence-electron chi connectivity index (χ4n) is 1.95. The maximum absolute atomic E-state index is 11.3. The van der Waals surface area contributed by atoms with Crippen molar-refractivity contribution in [1.82, 2.24) is 0 Å². The minimum atomic E-state index is -3.26. The molecule has 1 aromatic heterocycles. The molecule has 1 aromatic carbocycles. The summed E-state index contributed by atoms with van der Waals surface area (Å²) in [4.78, 5) is 1.15. The van der Waals surface area contributed by atoms with Crippen LogP contribution in [0.4, 0.5) is 11.4 Å². The highest BCUT2D eigenvalue weighted by Crippen LogP contribution is 2.30. The first-order chi connectivity index (χ1) is 9.74. The molecule has 21 heavy (non-hydrogen) atoms. The summed E-state index contributed by atoms with van der Waals surface area (Å²) >= 11 is 7.48. The molecule has 114 valence electrons. The lowest BCUT2D eigenvalue weighted by molar-refractivity contribution is 0.607. The van der Waals surface area contributed by atoms with E-state index in [0.717, 1.165) is 26.7 Å². The summed E-state index contributed by atoms with van der Waals surface area (Å²) in [6.07, 6.45) is 1.14. The Bertz CT molecular complexity index is 741. The quantitative estimate of drug-likeness (QED) is 0.852. The van der Waals surface area contributed by atoms with Gasteiger partial charge in [0.15, 0.2) is 0 Å². The average Bonchev–Trinajstić information content (AvgIpc) is 2.78. The molecule has 2 aromatic rings. The van der Waals surface area contributed by atoms with Crippen molar-refractivity contribution < 1.29 is 8.42 Å². The maximum atomic E-state index is 11.3. The van der Waals surface area contributed by atoms with Crippen LogP contribution in [0.5, 0.6) is 0 Å². The summed E-state index contributed by atoms with van der Waals surface area (Å²) in [5.41, 5.74) is 2.39. The van der Waals surface area contributed by atoms with Gasteiger partial charge in [-0.15, -0.1) is 11.3 Å². The Kier molecular flexibility index (Phi) is 4.81. The molecule has 0 aliphatic rings.